The third-order valence-electron chi connectivity index (χ3n) is 1.29. The Balaban J connectivity index is 2.65. The fourth-order valence-electron chi connectivity index (χ4n) is 0.741. The first kappa shape index (κ1) is 9.24. The highest BCUT2D eigenvalue weighted by atomic mass is 32.2. The van der Waals surface area contributed by atoms with Crippen LogP contribution in [0.25, 0.3) is 0 Å². The van der Waals surface area contributed by atoms with Crippen molar-refractivity contribution in [1.82, 2.24) is 9.97 Å². The molecule has 0 aliphatic heterocycles. The maximum Gasteiger partial charge on any atom is 0.154 e. The van der Waals surface area contributed by atoms with Crippen molar-refractivity contribution in [2.45, 2.75) is 6.04 Å². The molecule has 0 aliphatic rings. The molecule has 66 valence electrons. The van der Waals surface area contributed by atoms with Gasteiger partial charge in [-0.05, 0) is 0 Å². The molecule has 0 amide bonds. The Morgan fingerprint density at radius 2 is 2.42 bits per heavy atom. The minimum atomic E-state index is -1.89. The van der Waals surface area contributed by atoms with Crippen LogP contribution in [0.15, 0.2) is 18.6 Å². The van der Waals surface area contributed by atoms with Gasteiger partial charge >= 0.3 is 0 Å². The molecule has 1 rings (SSSR count). The monoisotopic (exact) mass is 187 g/mol. The molecule has 0 spiro atoms. The van der Waals surface area contributed by atoms with Crippen LogP contribution in [0, 0.1) is 0 Å². The lowest BCUT2D eigenvalue weighted by Crippen LogP contribution is -2.19. The highest BCUT2D eigenvalue weighted by Gasteiger charge is 2.09. The van der Waals surface area contributed by atoms with Crippen LogP contribution in [-0.4, -0.2) is 24.5 Å². The van der Waals surface area contributed by atoms with Crippen LogP contribution in [0.1, 0.15) is 11.7 Å². The molecule has 2 atom stereocenters. The van der Waals surface area contributed by atoms with Crippen molar-refractivity contribution in [3.05, 3.63) is 24.3 Å². The predicted molar refractivity (Wildman–Crippen MR) is 44.6 cm³/mol. The highest BCUT2D eigenvalue weighted by Crippen LogP contribution is 2.04. The van der Waals surface area contributed by atoms with E-state index in [0.717, 1.165) is 0 Å². The second kappa shape index (κ2) is 4.24. The van der Waals surface area contributed by atoms with E-state index < -0.39 is 17.1 Å². The Morgan fingerprint density at radius 3 is 2.92 bits per heavy atom. The van der Waals surface area contributed by atoms with Gasteiger partial charge in [0, 0.05) is 18.6 Å². The zero-order valence-corrected chi connectivity index (χ0v) is 7.07. The minimum absolute atomic E-state index is 0.0152. The van der Waals surface area contributed by atoms with Crippen molar-refractivity contribution >= 4 is 11.1 Å². The SMILES string of the molecule is NC(CS(=O)O)c1cnccn1. The molecule has 12 heavy (non-hydrogen) atoms. The molecule has 0 aromatic carbocycles. The number of nitrogens with zero attached hydrogens (tertiary/aromatic N) is 2. The third kappa shape index (κ3) is 2.65. The lowest BCUT2D eigenvalue weighted by atomic mass is 10.3. The Hall–Kier alpha value is -0.850. The van der Waals surface area contributed by atoms with Crippen molar-refractivity contribution in [3.8, 4) is 0 Å². The van der Waals surface area contributed by atoms with Crippen LogP contribution >= 0.6 is 0 Å². The molecule has 1 aromatic heterocycles. The minimum Gasteiger partial charge on any atom is -0.322 e. The molecule has 1 heterocycles. The van der Waals surface area contributed by atoms with E-state index in [-0.39, 0.29) is 5.75 Å². The quantitative estimate of drug-likeness (QED) is 0.634. The highest BCUT2D eigenvalue weighted by molar-refractivity contribution is 7.79. The first-order chi connectivity index (χ1) is 5.70. The second-order valence-electron chi connectivity index (χ2n) is 2.22. The van der Waals surface area contributed by atoms with E-state index in [1.807, 2.05) is 0 Å². The summed E-state index contributed by atoms with van der Waals surface area (Å²) in [6, 6.07) is -0.524. The van der Waals surface area contributed by atoms with E-state index in [1.165, 1.54) is 18.6 Å². The smallest absolute Gasteiger partial charge is 0.154 e. The van der Waals surface area contributed by atoms with Crippen LogP contribution in [0.2, 0.25) is 0 Å². The Bertz CT molecular complexity index is 267. The summed E-state index contributed by atoms with van der Waals surface area (Å²) in [7, 11) is 0. The van der Waals surface area contributed by atoms with Gasteiger partial charge in [-0.15, -0.1) is 0 Å². The summed E-state index contributed by atoms with van der Waals surface area (Å²) in [6.45, 7) is 0. The summed E-state index contributed by atoms with van der Waals surface area (Å²) in [4.78, 5) is 7.69. The molecule has 0 aliphatic carbocycles. The maximum absolute atomic E-state index is 10.4. The van der Waals surface area contributed by atoms with Crippen LogP contribution in [0.4, 0.5) is 0 Å². The van der Waals surface area contributed by atoms with Crippen molar-refractivity contribution in [1.29, 1.82) is 0 Å². The zero-order chi connectivity index (χ0) is 8.97. The van der Waals surface area contributed by atoms with Gasteiger partial charge < -0.3 is 10.3 Å². The van der Waals surface area contributed by atoms with Gasteiger partial charge in [-0.3, -0.25) is 9.97 Å². The van der Waals surface area contributed by atoms with Gasteiger partial charge in [0.2, 0.25) is 0 Å². The Labute approximate surface area is 72.3 Å². The van der Waals surface area contributed by atoms with E-state index in [1.54, 1.807) is 0 Å². The maximum atomic E-state index is 10.4. The largest absolute Gasteiger partial charge is 0.322 e. The van der Waals surface area contributed by atoms with Crippen molar-refractivity contribution in [2.75, 3.05) is 5.75 Å². The number of hydrogen-bond donors (Lipinski definition) is 2. The van der Waals surface area contributed by atoms with Gasteiger partial charge in [0.25, 0.3) is 0 Å². The summed E-state index contributed by atoms with van der Waals surface area (Å²) in [5.41, 5.74) is 6.07. The topological polar surface area (TPSA) is 89.1 Å². The molecule has 0 fully saturated rings. The fourth-order valence-corrected chi connectivity index (χ4v) is 1.22. The normalized spacial score (nSPS) is 15.5. The van der Waals surface area contributed by atoms with Gasteiger partial charge in [0.15, 0.2) is 11.1 Å². The molecule has 0 radical (unpaired) electrons. The predicted octanol–water partition coefficient (Wildman–Crippen LogP) is -0.302. The van der Waals surface area contributed by atoms with Crippen molar-refractivity contribution < 1.29 is 8.76 Å². The average Bonchev–Trinajstić information content (AvgIpc) is 2.05. The number of nitrogens with two attached hydrogens (primary N) is 1. The van der Waals surface area contributed by atoms with Crippen molar-refractivity contribution in [3.63, 3.8) is 0 Å². The summed E-state index contributed by atoms with van der Waals surface area (Å²) in [5, 5.41) is 0. The van der Waals surface area contributed by atoms with E-state index in [2.05, 4.69) is 9.97 Å². The summed E-state index contributed by atoms with van der Waals surface area (Å²) in [6.07, 6.45) is 4.50. The Morgan fingerprint density at radius 1 is 1.67 bits per heavy atom. The molecule has 3 N–H and O–H groups in total. The van der Waals surface area contributed by atoms with Crippen molar-refractivity contribution in [2.24, 2.45) is 5.73 Å². The summed E-state index contributed by atoms with van der Waals surface area (Å²) in [5.74, 6) is -0.0152. The van der Waals surface area contributed by atoms with Gasteiger partial charge in [-0.2, -0.15) is 0 Å². The summed E-state index contributed by atoms with van der Waals surface area (Å²) >= 11 is -1.89. The number of aromatic nitrogens is 2. The lowest BCUT2D eigenvalue weighted by Gasteiger charge is -2.06. The summed E-state index contributed by atoms with van der Waals surface area (Å²) < 4.78 is 18.9. The Kier molecular flexibility index (Phi) is 3.27. The molecule has 2 unspecified atom stereocenters. The molecular formula is C6H9N3O2S. The van der Waals surface area contributed by atoms with E-state index in [9.17, 15) is 4.21 Å². The van der Waals surface area contributed by atoms with Gasteiger partial charge in [-0.25, -0.2) is 4.21 Å². The second-order valence-corrected chi connectivity index (χ2v) is 3.20. The molecule has 1 aromatic rings. The first-order valence-corrected chi connectivity index (χ1v) is 4.56. The van der Waals surface area contributed by atoms with Gasteiger partial charge in [-0.1, -0.05) is 0 Å². The zero-order valence-electron chi connectivity index (χ0n) is 6.25. The molecular weight excluding hydrogens is 178 g/mol. The number of rotatable bonds is 3. The van der Waals surface area contributed by atoms with E-state index >= 15 is 0 Å². The first-order valence-electron chi connectivity index (χ1n) is 3.29. The van der Waals surface area contributed by atoms with Crippen LogP contribution in [-0.2, 0) is 11.1 Å². The molecule has 5 nitrogen and oxygen atoms in total. The van der Waals surface area contributed by atoms with Crippen LogP contribution in [0.3, 0.4) is 0 Å². The van der Waals surface area contributed by atoms with Crippen LogP contribution in [0.5, 0.6) is 0 Å². The standard InChI is InChI=1S/C6H9N3O2S/c7-5(4-12(10)11)6-3-8-1-2-9-6/h1-3,5H,4,7H2,(H,10,11). The van der Waals surface area contributed by atoms with E-state index in [4.69, 9.17) is 10.3 Å². The van der Waals surface area contributed by atoms with E-state index in [0.29, 0.717) is 5.69 Å². The van der Waals surface area contributed by atoms with Gasteiger partial charge in [0.05, 0.1) is 17.5 Å². The molecule has 0 bridgehead atoms. The molecule has 0 saturated heterocycles. The van der Waals surface area contributed by atoms with Gasteiger partial charge in [0.1, 0.15) is 0 Å². The molecule has 0 saturated carbocycles. The van der Waals surface area contributed by atoms with Crippen LogP contribution < -0.4 is 5.73 Å². The average molecular weight is 187 g/mol. The third-order valence-corrected chi connectivity index (χ3v) is 1.93. The molecule has 6 heteroatoms. The number of hydrogen-bond acceptors (Lipinski definition) is 4. The lowest BCUT2D eigenvalue weighted by molar-refractivity contribution is 0.556. The fraction of sp³-hybridized carbons (Fsp3) is 0.333.